The molecule has 1 amide bonds. The summed E-state index contributed by atoms with van der Waals surface area (Å²) >= 11 is 0. The van der Waals surface area contributed by atoms with Crippen LogP contribution in [-0.2, 0) is 4.79 Å². The Kier molecular flexibility index (Phi) is 6.57. The van der Waals surface area contributed by atoms with Gasteiger partial charge in [-0.3, -0.25) is 9.69 Å². The van der Waals surface area contributed by atoms with Gasteiger partial charge in [-0.1, -0.05) is 50.6 Å². The smallest absolute Gasteiger partial charge is 0.219 e. The van der Waals surface area contributed by atoms with Crippen molar-refractivity contribution in [3.8, 4) is 0 Å². The molecule has 1 rings (SSSR count). The molecule has 0 radical (unpaired) electrons. The second kappa shape index (κ2) is 7.95. The first kappa shape index (κ1) is 15.7. The molecule has 1 aromatic rings. The van der Waals surface area contributed by atoms with E-state index < -0.39 is 0 Å². The number of carbonyl (C=O) groups is 1. The number of benzene rings is 1. The average Bonchev–Trinajstić information content (AvgIpc) is 2.44. The Balaban J connectivity index is 2.84. The second-order valence-corrected chi connectivity index (χ2v) is 4.81. The van der Waals surface area contributed by atoms with Crippen molar-refractivity contribution >= 4 is 5.91 Å². The van der Waals surface area contributed by atoms with E-state index in [2.05, 4.69) is 55.3 Å². The lowest BCUT2D eigenvalue weighted by atomic mass is 10.0. The monoisotopic (exact) mass is 262 g/mol. The molecule has 0 aliphatic rings. The highest BCUT2D eigenvalue weighted by atomic mass is 16.1. The molecule has 0 saturated carbocycles. The average molecular weight is 262 g/mol. The molecule has 106 valence electrons. The Morgan fingerprint density at radius 3 is 2.21 bits per heavy atom. The van der Waals surface area contributed by atoms with Gasteiger partial charge in [0.15, 0.2) is 0 Å². The zero-order valence-electron chi connectivity index (χ0n) is 12.6. The molecule has 1 unspecified atom stereocenters. The lowest BCUT2D eigenvalue weighted by Gasteiger charge is -2.30. The molecule has 0 aromatic heterocycles. The maximum atomic E-state index is 11.5. The highest BCUT2D eigenvalue weighted by Gasteiger charge is 2.18. The van der Waals surface area contributed by atoms with Crippen LogP contribution < -0.4 is 5.32 Å². The summed E-state index contributed by atoms with van der Waals surface area (Å²) in [5.74, 6) is 0.115. The van der Waals surface area contributed by atoms with Crippen LogP contribution in [0.1, 0.15) is 44.4 Å². The third kappa shape index (κ3) is 4.67. The summed E-state index contributed by atoms with van der Waals surface area (Å²) in [6.07, 6.45) is 0.541. The SMILES string of the molecule is CCC(=O)NCC(c1ccc(C)cc1)N(CC)CC. The van der Waals surface area contributed by atoms with Crippen molar-refractivity contribution < 1.29 is 4.79 Å². The van der Waals surface area contributed by atoms with Crippen LogP contribution in [0.2, 0.25) is 0 Å². The first-order valence-corrected chi connectivity index (χ1v) is 7.19. The number of hydrogen-bond acceptors (Lipinski definition) is 2. The number of carbonyl (C=O) groups excluding carboxylic acids is 1. The molecule has 0 bridgehead atoms. The van der Waals surface area contributed by atoms with Crippen LogP contribution in [0.4, 0.5) is 0 Å². The molecule has 0 aliphatic carbocycles. The normalized spacial score (nSPS) is 12.5. The largest absolute Gasteiger partial charge is 0.354 e. The fourth-order valence-electron chi connectivity index (χ4n) is 2.25. The van der Waals surface area contributed by atoms with E-state index in [0.717, 1.165) is 13.1 Å². The van der Waals surface area contributed by atoms with Crippen LogP contribution in [0.3, 0.4) is 0 Å². The predicted molar refractivity (Wildman–Crippen MR) is 80.1 cm³/mol. The third-order valence-electron chi connectivity index (χ3n) is 3.53. The standard InChI is InChI=1S/C16H26N2O/c1-5-16(19)17-12-15(18(6-2)7-3)14-10-8-13(4)9-11-14/h8-11,15H,5-7,12H2,1-4H3,(H,17,19). The summed E-state index contributed by atoms with van der Waals surface area (Å²) in [5.41, 5.74) is 2.53. The van der Waals surface area contributed by atoms with Crippen LogP contribution in [0.25, 0.3) is 0 Å². The van der Waals surface area contributed by atoms with Gasteiger partial charge < -0.3 is 5.32 Å². The van der Waals surface area contributed by atoms with Crippen molar-refractivity contribution in [2.45, 2.75) is 40.2 Å². The summed E-state index contributed by atoms with van der Waals surface area (Å²) in [7, 11) is 0. The van der Waals surface area contributed by atoms with Crippen molar-refractivity contribution in [1.82, 2.24) is 10.2 Å². The quantitative estimate of drug-likeness (QED) is 0.819. The van der Waals surface area contributed by atoms with Crippen LogP contribution in [0.15, 0.2) is 24.3 Å². The Morgan fingerprint density at radius 1 is 1.16 bits per heavy atom. The summed E-state index contributed by atoms with van der Waals surface area (Å²) in [5, 5.41) is 3.01. The Bertz CT molecular complexity index is 382. The molecule has 0 aliphatic heterocycles. The van der Waals surface area contributed by atoms with Gasteiger partial charge in [0.25, 0.3) is 0 Å². The number of amides is 1. The molecule has 0 fully saturated rings. The van der Waals surface area contributed by atoms with Crippen LogP contribution >= 0.6 is 0 Å². The first-order valence-electron chi connectivity index (χ1n) is 7.19. The van der Waals surface area contributed by atoms with Crippen molar-refractivity contribution in [2.75, 3.05) is 19.6 Å². The molecule has 0 saturated heterocycles. The minimum Gasteiger partial charge on any atom is -0.354 e. The molecule has 3 heteroatoms. The maximum absolute atomic E-state index is 11.5. The summed E-state index contributed by atoms with van der Waals surface area (Å²) in [6, 6.07) is 8.85. The van der Waals surface area contributed by atoms with Crippen molar-refractivity contribution in [2.24, 2.45) is 0 Å². The number of nitrogens with zero attached hydrogens (tertiary/aromatic N) is 1. The Labute approximate surface area is 117 Å². The highest BCUT2D eigenvalue weighted by molar-refractivity contribution is 5.75. The van der Waals surface area contributed by atoms with Crippen LogP contribution in [0.5, 0.6) is 0 Å². The van der Waals surface area contributed by atoms with Crippen molar-refractivity contribution in [1.29, 1.82) is 0 Å². The van der Waals surface area contributed by atoms with E-state index in [1.807, 2.05) is 6.92 Å². The molecule has 1 N–H and O–H groups in total. The van der Waals surface area contributed by atoms with Crippen molar-refractivity contribution in [3.05, 3.63) is 35.4 Å². The number of nitrogens with one attached hydrogen (secondary N) is 1. The molecular weight excluding hydrogens is 236 g/mol. The third-order valence-corrected chi connectivity index (χ3v) is 3.53. The first-order chi connectivity index (χ1) is 9.12. The molecule has 0 spiro atoms. The highest BCUT2D eigenvalue weighted by Crippen LogP contribution is 2.20. The number of hydrogen-bond donors (Lipinski definition) is 1. The minimum atomic E-state index is 0.115. The van der Waals surface area contributed by atoms with E-state index in [0.29, 0.717) is 13.0 Å². The van der Waals surface area contributed by atoms with Crippen molar-refractivity contribution in [3.63, 3.8) is 0 Å². The summed E-state index contributed by atoms with van der Waals surface area (Å²) in [6.45, 7) is 10.9. The molecule has 1 aromatic carbocycles. The zero-order valence-corrected chi connectivity index (χ0v) is 12.6. The number of rotatable bonds is 7. The summed E-state index contributed by atoms with van der Waals surface area (Å²) < 4.78 is 0. The van der Waals surface area contributed by atoms with Gasteiger partial charge in [0.05, 0.1) is 6.04 Å². The molecule has 1 atom stereocenters. The van der Waals surface area contributed by atoms with Gasteiger partial charge in [-0.25, -0.2) is 0 Å². The second-order valence-electron chi connectivity index (χ2n) is 4.81. The van der Waals surface area contributed by atoms with E-state index in [9.17, 15) is 4.79 Å². The topological polar surface area (TPSA) is 32.3 Å². The van der Waals surface area contributed by atoms with Gasteiger partial charge in [0.1, 0.15) is 0 Å². The molecule has 0 heterocycles. The van der Waals surface area contributed by atoms with E-state index in [4.69, 9.17) is 0 Å². The van der Waals surface area contributed by atoms with Gasteiger partial charge in [0, 0.05) is 13.0 Å². The van der Waals surface area contributed by atoms with E-state index in [1.54, 1.807) is 0 Å². The fraction of sp³-hybridized carbons (Fsp3) is 0.562. The Hall–Kier alpha value is -1.35. The maximum Gasteiger partial charge on any atom is 0.219 e. The molecule has 3 nitrogen and oxygen atoms in total. The van der Waals surface area contributed by atoms with Gasteiger partial charge in [-0.05, 0) is 25.6 Å². The molecule has 19 heavy (non-hydrogen) atoms. The lowest BCUT2D eigenvalue weighted by molar-refractivity contribution is -0.121. The van der Waals surface area contributed by atoms with Gasteiger partial charge in [-0.2, -0.15) is 0 Å². The van der Waals surface area contributed by atoms with E-state index in [-0.39, 0.29) is 11.9 Å². The Morgan fingerprint density at radius 2 is 1.74 bits per heavy atom. The fourth-order valence-corrected chi connectivity index (χ4v) is 2.25. The van der Waals surface area contributed by atoms with Gasteiger partial charge in [-0.15, -0.1) is 0 Å². The predicted octanol–water partition coefficient (Wildman–Crippen LogP) is 2.90. The van der Waals surface area contributed by atoms with Crippen LogP contribution in [0, 0.1) is 6.92 Å². The van der Waals surface area contributed by atoms with Gasteiger partial charge >= 0.3 is 0 Å². The number of aryl methyl sites for hydroxylation is 1. The summed E-state index contributed by atoms with van der Waals surface area (Å²) in [4.78, 5) is 13.8. The van der Waals surface area contributed by atoms with Crippen LogP contribution in [-0.4, -0.2) is 30.4 Å². The zero-order chi connectivity index (χ0) is 14.3. The lowest BCUT2D eigenvalue weighted by Crippen LogP contribution is -2.37. The minimum absolute atomic E-state index is 0.115. The molecular formula is C16H26N2O. The van der Waals surface area contributed by atoms with Gasteiger partial charge in [0.2, 0.25) is 5.91 Å². The number of likely N-dealkylation sites (N-methyl/N-ethyl adjacent to an activating group) is 1. The van der Waals surface area contributed by atoms with E-state index >= 15 is 0 Å². The van der Waals surface area contributed by atoms with E-state index in [1.165, 1.54) is 11.1 Å².